The van der Waals surface area contributed by atoms with E-state index in [2.05, 4.69) is 39.2 Å². The van der Waals surface area contributed by atoms with Crippen LogP contribution in [0, 0.1) is 11.3 Å². The van der Waals surface area contributed by atoms with Gasteiger partial charge in [-0.1, -0.05) is 30.3 Å². The molecule has 0 bridgehead atoms. The lowest BCUT2D eigenvalue weighted by Gasteiger charge is -2.30. The Kier molecular flexibility index (Phi) is 6.72. The lowest BCUT2D eigenvalue weighted by atomic mass is 10.0. The van der Waals surface area contributed by atoms with Crippen molar-refractivity contribution in [2.45, 2.75) is 19.4 Å². The summed E-state index contributed by atoms with van der Waals surface area (Å²) in [6.45, 7) is 0.601. The van der Waals surface area contributed by atoms with Crippen LogP contribution in [-0.2, 0) is 19.4 Å². The SMILES string of the molecule is N#Cc1cc(C(=O)N2CCc3c(n4ncc(Cc5ccccc5)c4n(-c4ccc(-n5cccn5)cc4)c3=O)C2)ccc1Br. The number of aromatic nitrogens is 5. The number of fused-ring (bicyclic) bond motifs is 3. The molecule has 0 aliphatic carbocycles. The van der Waals surface area contributed by atoms with Gasteiger partial charge in [-0.2, -0.15) is 15.5 Å². The molecule has 3 aromatic heterocycles. The number of benzene rings is 3. The van der Waals surface area contributed by atoms with Crippen molar-refractivity contribution in [3.63, 3.8) is 0 Å². The number of rotatable bonds is 5. The van der Waals surface area contributed by atoms with Gasteiger partial charge in [-0.15, -0.1) is 0 Å². The molecule has 9 nitrogen and oxygen atoms in total. The number of hydrogen-bond donors (Lipinski definition) is 0. The Morgan fingerprint density at radius 1 is 0.977 bits per heavy atom. The molecule has 43 heavy (non-hydrogen) atoms. The highest BCUT2D eigenvalue weighted by atomic mass is 79.9. The van der Waals surface area contributed by atoms with Gasteiger partial charge in [-0.05, 0) is 76.4 Å². The molecule has 3 aromatic carbocycles. The Hall–Kier alpha value is -5.27. The van der Waals surface area contributed by atoms with Crippen molar-refractivity contribution in [2.24, 2.45) is 0 Å². The van der Waals surface area contributed by atoms with Crippen LogP contribution in [0.5, 0.6) is 0 Å². The third-order valence-electron chi connectivity index (χ3n) is 7.80. The maximum atomic E-state index is 14.3. The fourth-order valence-corrected chi connectivity index (χ4v) is 6.01. The van der Waals surface area contributed by atoms with Crippen molar-refractivity contribution in [1.29, 1.82) is 5.26 Å². The minimum Gasteiger partial charge on any atom is -0.332 e. The van der Waals surface area contributed by atoms with E-state index in [1.165, 1.54) is 0 Å². The zero-order chi connectivity index (χ0) is 29.5. The second kappa shape index (κ2) is 10.9. The van der Waals surface area contributed by atoms with E-state index in [1.807, 2.05) is 65.4 Å². The molecule has 0 atom stereocenters. The van der Waals surface area contributed by atoms with Crippen molar-refractivity contribution in [1.82, 2.24) is 28.9 Å². The van der Waals surface area contributed by atoms with Gasteiger partial charge in [0.15, 0.2) is 0 Å². The molecule has 0 fully saturated rings. The Morgan fingerprint density at radius 3 is 2.51 bits per heavy atom. The van der Waals surface area contributed by atoms with Gasteiger partial charge in [0.1, 0.15) is 11.7 Å². The van der Waals surface area contributed by atoms with Crippen LogP contribution in [0.3, 0.4) is 0 Å². The van der Waals surface area contributed by atoms with Crippen molar-refractivity contribution < 1.29 is 4.79 Å². The standard InChI is InChI=1S/C33H24BrN7O2/c34-29-12-7-23(18-24(29)19-35)32(42)38-16-13-28-30(21-38)41-31(25(20-37-41)17-22-5-2-1-3-6-22)40(33(28)43)27-10-8-26(9-11-27)39-15-4-14-36-39/h1-12,14-15,18,20H,13,16-17,21H2. The molecular formula is C33H24BrN7O2. The molecule has 0 spiro atoms. The zero-order valence-corrected chi connectivity index (χ0v) is 24.5. The predicted octanol–water partition coefficient (Wildman–Crippen LogP) is 5.09. The summed E-state index contributed by atoms with van der Waals surface area (Å²) in [5, 5.41) is 18.5. The second-order valence-corrected chi connectivity index (χ2v) is 11.2. The molecule has 7 rings (SSSR count). The Morgan fingerprint density at radius 2 is 1.77 bits per heavy atom. The molecule has 0 unspecified atom stereocenters. The topological polar surface area (TPSA) is 101 Å². The molecule has 1 amide bonds. The Balaban J connectivity index is 1.35. The summed E-state index contributed by atoms with van der Waals surface area (Å²) in [6.07, 6.45) is 6.38. The first kappa shape index (κ1) is 26.6. The average molecular weight is 631 g/mol. The summed E-state index contributed by atoms with van der Waals surface area (Å²) < 4.78 is 5.96. The van der Waals surface area contributed by atoms with E-state index in [1.54, 1.807) is 38.5 Å². The van der Waals surface area contributed by atoms with Crippen LogP contribution in [0.15, 0.2) is 107 Å². The first-order valence-corrected chi connectivity index (χ1v) is 14.6. The van der Waals surface area contributed by atoms with Gasteiger partial charge in [-0.3, -0.25) is 14.2 Å². The maximum absolute atomic E-state index is 14.3. The van der Waals surface area contributed by atoms with Gasteiger partial charge in [0.25, 0.3) is 11.5 Å². The highest BCUT2D eigenvalue weighted by Gasteiger charge is 2.29. The molecule has 0 N–H and O–H groups in total. The number of amides is 1. The van der Waals surface area contributed by atoms with Crippen LogP contribution < -0.4 is 5.56 Å². The van der Waals surface area contributed by atoms with Crippen LogP contribution >= 0.6 is 15.9 Å². The highest BCUT2D eigenvalue weighted by Crippen LogP contribution is 2.26. The summed E-state index contributed by atoms with van der Waals surface area (Å²) in [5.41, 5.74) is 6.31. The highest BCUT2D eigenvalue weighted by molar-refractivity contribution is 9.10. The van der Waals surface area contributed by atoms with E-state index in [4.69, 9.17) is 5.10 Å². The number of halogens is 1. The predicted molar refractivity (Wildman–Crippen MR) is 164 cm³/mol. The van der Waals surface area contributed by atoms with Crippen LogP contribution in [0.4, 0.5) is 0 Å². The normalized spacial score (nSPS) is 12.7. The molecule has 4 heterocycles. The molecule has 1 aliphatic heterocycles. The molecular weight excluding hydrogens is 606 g/mol. The molecule has 1 aliphatic rings. The molecule has 0 saturated carbocycles. The third kappa shape index (κ3) is 4.73. The first-order chi connectivity index (χ1) is 21.0. The lowest BCUT2D eigenvalue weighted by Crippen LogP contribution is -2.41. The van der Waals surface area contributed by atoms with E-state index in [9.17, 15) is 14.9 Å². The van der Waals surface area contributed by atoms with Crippen molar-refractivity contribution in [2.75, 3.05) is 6.54 Å². The molecule has 0 radical (unpaired) electrons. The number of carbonyl (C=O) groups excluding carboxylic acids is 1. The zero-order valence-electron chi connectivity index (χ0n) is 22.9. The summed E-state index contributed by atoms with van der Waals surface area (Å²) in [5.74, 6) is -0.196. The van der Waals surface area contributed by atoms with Crippen LogP contribution in [0.2, 0.25) is 0 Å². The lowest BCUT2D eigenvalue weighted by molar-refractivity contribution is 0.0729. The molecule has 210 valence electrons. The van der Waals surface area contributed by atoms with Crippen molar-refractivity contribution in [3.8, 4) is 17.4 Å². The Labute approximate surface area is 255 Å². The minimum absolute atomic E-state index is 0.119. The first-order valence-electron chi connectivity index (χ1n) is 13.8. The summed E-state index contributed by atoms with van der Waals surface area (Å²) in [7, 11) is 0. The minimum atomic E-state index is -0.196. The van der Waals surface area contributed by atoms with Gasteiger partial charge in [0.2, 0.25) is 0 Å². The number of hydrogen-bond acceptors (Lipinski definition) is 5. The smallest absolute Gasteiger partial charge is 0.261 e. The van der Waals surface area contributed by atoms with E-state index < -0.39 is 0 Å². The summed E-state index contributed by atoms with van der Waals surface area (Å²) in [6, 6.07) is 26.8. The van der Waals surface area contributed by atoms with E-state index in [0.29, 0.717) is 51.9 Å². The Bertz CT molecular complexity index is 2090. The number of carbonyl (C=O) groups is 1. The maximum Gasteiger partial charge on any atom is 0.261 e. The number of nitriles is 1. The average Bonchev–Trinajstić information content (AvgIpc) is 3.73. The molecule has 6 aromatic rings. The summed E-state index contributed by atoms with van der Waals surface area (Å²) in [4.78, 5) is 29.5. The van der Waals surface area contributed by atoms with Crippen molar-refractivity contribution >= 4 is 27.5 Å². The van der Waals surface area contributed by atoms with Crippen LogP contribution in [0.25, 0.3) is 17.0 Å². The third-order valence-corrected chi connectivity index (χ3v) is 8.49. The molecule has 0 saturated heterocycles. The largest absolute Gasteiger partial charge is 0.332 e. The quantitative estimate of drug-likeness (QED) is 0.264. The van der Waals surface area contributed by atoms with Gasteiger partial charge >= 0.3 is 0 Å². The molecule has 10 heteroatoms. The van der Waals surface area contributed by atoms with Crippen molar-refractivity contribution in [3.05, 3.63) is 146 Å². The monoisotopic (exact) mass is 629 g/mol. The fourth-order valence-electron chi connectivity index (χ4n) is 5.67. The summed E-state index contributed by atoms with van der Waals surface area (Å²) >= 11 is 3.36. The van der Waals surface area contributed by atoms with Gasteiger partial charge < -0.3 is 4.90 Å². The number of nitrogens with zero attached hydrogens (tertiary/aromatic N) is 7. The van der Waals surface area contributed by atoms with E-state index >= 15 is 0 Å². The van der Waals surface area contributed by atoms with Gasteiger partial charge in [-0.25, -0.2) is 9.20 Å². The van der Waals surface area contributed by atoms with Gasteiger partial charge in [0, 0.05) is 46.5 Å². The van der Waals surface area contributed by atoms with Crippen LogP contribution in [-0.4, -0.2) is 41.3 Å². The van der Waals surface area contributed by atoms with Gasteiger partial charge in [0.05, 0.1) is 35.4 Å². The van der Waals surface area contributed by atoms with Crippen LogP contribution in [0.1, 0.15) is 38.3 Å². The van der Waals surface area contributed by atoms with E-state index in [-0.39, 0.29) is 18.0 Å². The second-order valence-electron chi connectivity index (χ2n) is 10.4. The van der Waals surface area contributed by atoms with E-state index in [0.717, 1.165) is 22.5 Å². The fraction of sp³-hybridized carbons (Fsp3) is 0.121.